The van der Waals surface area contributed by atoms with Crippen LogP contribution in [0.2, 0.25) is 0 Å². The minimum atomic E-state index is -3.88. The number of nitrogens with one attached hydrogen (secondary N) is 1. The van der Waals surface area contributed by atoms with Gasteiger partial charge in [0, 0.05) is 25.2 Å². The van der Waals surface area contributed by atoms with E-state index >= 15 is 0 Å². The molecule has 21 heavy (non-hydrogen) atoms. The molecule has 0 aliphatic carbocycles. The number of rotatable bonds is 2. The summed E-state index contributed by atoms with van der Waals surface area (Å²) < 4.78 is 37.0. The van der Waals surface area contributed by atoms with Gasteiger partial charge in [0.1, 0.15) is 5.82 Å². The van der Waals surface area contributed by atoms with E-state index in [2.05, 4.69) is 19.2 Å². The quantitative estimate of drug-likeness (QED) is 0.851. The zero-order valence-corrected chi connectivity index (χ0v) is 13.0. The number of anilines is 1. The van der Waals surface area contributed by atoms with Gasteiger partial charge in [-0.15, -0.1) is 0 Å². The third-order valence-corrected chi connectivity index (χ3v) is 5.81. The summed E-state index contributed by atoms with van der Waals surface area (Å²) in [5, 5.41) is 8.42. The van der Waals surface area contributed by atoms with Gasteiger partial charge in [-0.1, -0.05) is 0 Å². The average Bonchev–Trinajstić information content (AvgIpc) is 2.91. The fourth-order valence-corrected chi connectivity index (χ4v) is 4.24. The Kier molecular flexibility index (Phi) is 3.27. The average molecular weight is 313 g/mol. The van der Waals surface area contributed by atoms with Crippen molar-refractivity contribution in [2.45, 2.75) is 24.3 Å². The summed E-state index contributed by atoms with van der Waals surface area (Å²) in [6.07, 6.45) is 0. The number of nitrogens with two attached hydrogens (primary N) is 1. The lowest BCUT2D eigenvalue weighted by atomic mass is 9.84. The highest BCUT2D eigenvalue weighted by Crippen LogP contribution is 2.43. The van der Waals surface area contributed by atoms with Crippen molar-refractivity contribution in [2.75, 3.05) is 24.5 Å². The number of hydrogen-bond acceptors (Lipinski definition) is 4. The molecule has 2 aliphatic rings. The molecule has 0 spiro atoms. The Balaban J connectivity index is 1.98. The second-order valence-corrected chi connectivity index (χ2v) is 8.01. The van der Waals surface area contributed by atoms with Gasteiger partial charge in [-0.25, -0.2) is 17.9 Å². The Bertz CT molecular complexity index is 675. The lowest BCUT2D eigenvalue weighted by Gasteiger charge is -2.37. The molecule has 3 N–H and O–H groups in total. The maximum Gasteiger partial charge on any atom is 0.238 e. The van der Waals surface area contributed by atoms with Crippen LogP contribution in [0.3, 0.4) is 0 Å². The summed E-state index contributed by atoms with van der Waals surface area (Å²) in [6, 6.07) is 3.90. The lowest BCUT2D eigenvalue weighted by molar-refractivity contribution is 0.355. The second kappa shape index (κ2) is 4.66. The van der Waals surface area contributed by atoms with Gasteiger partial charge in [0.05, 0.1) is 10.6 Å². The highest BCUT2D eigenvalue weighted by Gasteiger charge is 2.50. The Morgan fingerprint density at radius 3 is 2.67 bits per heavy atom. The zero-order chi connectivity index (χ0) is 15.4. The van der Waals surface area contributed by atoms with E-state index < -0.39 is 15.8 Å². The van der Waals surface area contributed by atoms with E-state index in [4.69, 9.17) is 5.14 Å². The summed E-state index contributed by atoms with van der Waals surface area (Å²) in [6.45, 7) is 6.87. The molecule has 2 saturated heterocycles. The second-order valence-electron chi connectivity index (χ2n) is 6.45. The molecule has 2 aliphatic heterocycles. The van der Waals surface area contributed by atoms with E-state index in [1.807, 2.05) is 4.90 Å². The standard InChI is InChI=1S/C14H20FN3O2S/c1-14(2)11-7-17-6-9(11)8-18(14)13-4-3-10(5-12(13)15)21(16,19)20/h3-5,9,11,17H,6-8H2,1-2H3,(H2,16,19,20). The van der Waals surface area contributed by atoms with Crippen molar-refractivity contribution < 1.29 is 12.8 Å². The van der Waals surface area contributed by atoms with Crippen molar-refractivity contribution in [2.24, 2.45) is 17.0 Å². The van der Waals surface area contributed by atoms with Crippen LogP contribution < -0.4 is 15.4 Å². The molecule has 7 heteroatoms. The molecule has 2 atom stereocenters. The predicted molar refractivity (Wildman–Crippen MR) is 79.0 cm³/mol. The van der Waals surface area contributed by atoms with Crippen molar-refractivity contribution in [3.8, 4) is 0 Å². The molecule has 0 saturated carbocycles. The molecule has 0 amide bonds. The van der Waals surface area contributed by atoms with E-state index in [0.29, 0.717) is 17.5 Å². The summed E-state index contributed by atoms with van der Waals surface area (Å²) in [5.74, 6) is 0.426. The molecule has 5 nitrogen and oxygen atoms in total. The molecule has 0 radical (unpaired) electrons. The van der Waals surface area contributed by atoms with Crippen LogP contribution in [0, 0.1) is 17.7 Å². The first-order valence-electron chi connectivity index (χ1n) is 7.02. The molecule has 116 valence electrons. The van der Waals surface area contributed by atoms with Gasteiger partial charge in [0.25, 0.3) is 0 Å². The smallest absolute Gasteiger partial charge is 0.238 e. The number of benzene rings is 1. The van der Waals surface area contributed by atoms with Crippen LogP contribution in [0.4, 0.5) is 10.1 Å². The molecule has 1 aromatic carbocycles. The van der Waals surface area contributed by atoms with Crippen LogP contribution >= 0.6 is 0 Å². The predicted octanol–water partition coefficient (Wildman–Crippen LogP) is 0.907. The Hall–Kier alpha value is -1.18. The van der Waals surface area contributed by atoms with Crippen LogP contribution in [-0.4, -0.2) is 33.6 Å². The maximum atomic E-state index is 14.4. The van der Waals surface area contributed by atoms with Gasteiger partial charge in [0.2, 0.25) is 10.0 Å². The van der Waals surface area contributed by atoms with Crippen LogP contribution in [0.25, 0.3) is 0 Å². The number of fused-ring (bicyclic) bond motifs is 1. The third kappa shape index (κ3) is 2.33. The first kappa shape index (κ1) is 14.7. The number of primary sulfonamides is 1. The monoisotopic (exact) mass is 313 g/mol. The van der Waals surface area contributed by atoms with Crippen molar-refractivity contribution in [3.05, 3.63) is 24.0 Å². The zero-order valence-electron chi connectivity index (χ0n) is 12.1. The highest BCUT2D eigenvalue weighted by atomic mass is 32.2. The van der Waals surface area contributed by atoms with Gasteiger partial charge < -0.3 is 10.2 Å². The van der Waals surface area contributed by atoms with E-state index in [1.54, 1.807) is 0 Å². The van der Waals surface area contributed by atoms with Gasteiger partial charge in [-0.2, -0.15) is 0 Å². The fourth-order valence-electron chi connectivity index (χ4n) is 3.71. The molecule has 0 bridgehead atoms. The minimum absolute atomic E-state index is 0.169. The summed E-state index contributed by atoms with van der Waals surface area (Å²) >= 11 is 0. The third-order valence-electron chi connectivity index (χ3n) is 4.90. The first-order chi connectivity index (χ1) is 9.71. The van der Waals surface area contributed by atoms with Gasteiger partial charge in [0.15, 0.2) is 0 Å². The molecule has 1 aromatic rings. The van der Waals surface area contributed by atoms with E-state index in [1.165, 1.54) is 12.1 Å². The Morgan fingerprint density at radius 1 is 1.38 bits per heavy atom. The number of hydrogen-bond donors (Lipinski definition) is 2. The number of sulfonamides is 1. The van der Waals surface area contributed by atoms with Crippen LogP contribution in [0.15, 0.2) is 23.1 Å². The first-order valence-corrected chi connectivity index (χ1v) is 8.56. The number of nitrogens with zero attached hydrogens (tertiary/aromatic N) is 1. The maximum absolute atomic E-state index is 14.4. The van der Waals surface area contributed by atoms with Gasteiger partial charge in [-0.3, -0.25) is 0 Å². The largest absolute Gasteiger partial charge is 0.363 e. The molecule has 3 rings (SSSR count). The van der Waals surface area contributed by atoms with Crippen LogP contribution in [-0.2, 0) is 10.0 Å². The van der Waals surface area contributed by atoms with Crippen molar-refractivity contribution in [1.29, 1.82) is 0 Å². The normalized spacial score (nSPS) is 27.9. The van der Waals surface area contributed by atoms with Crippen molar-refractivity contribution in [3.63, 3.8) is 0 Å². The summed E-state index contributed by atoms with van der Waals surface area (Å²) in [5.41, 5.74) is 0.278. The van der Waals surface area contributed by atoms with Crippen molar-refractivity contribution in [1.82, 2.24) is 5.32 Å². The molecular formula is C14H20FN3O2S. The molecular weight excluding hydrogens is 293 g/mol. The van der Waals surface area contributed by atoms with Crippen LogP contribution in [0.5, 0.6) is 0 Å². The van der Waals surface area contributed by atoms with Gasteiger partial charge in [-0.05, 0) is 43.9 Å². The summed E-state index contributed by atoms with van der Waals surface area (Å²) in [4.78, 5) is 1.86. The molecule has 2 heterocycles. The van der Waals surface area contributed by atoms with Crippen LogP contribution in [0.1, 0.15) is 13.8 Å². The molecule has 0 aromatic heterocycles. The fraction of sp³-hybridized carbons (Fsp3) is 0.571. The van der Waals surface area contributed by atoms with Crippen molar-refractivity contribution >= 4 is 15.7 Å². The molecule has 2 unspecified atom stereocenters. The van der Waals surface area contributed by atoms with E-state index in [-0.39, 0.29) is 10.4 Å². The topological polar surface area (TPSA) is 75.4 Å². The van der Waals surface area contributed by atoms with E-state index in [9.17, 15) is 12.8 Å². The SMILES string of the molecule is CC1(C)C2CNCC2CN1c1ccc(S(N)(=O)=O)cc1F. The Morgan fingerprint density at radius 2 is 2.10 bits per heavy atom. The van der Waals surface area contributed by atoms with E-state index in [0.717, 1.165) is 25.7 Å². The Labute approximate surface area is 124 Å². The summed E-state index contributed by atoms with van der Waals surface area (Å²) in [7, 11) is -3.88. The lowest BCUT2D eigenvalue weighted by Crippen LogP contribution is -2.45. The minimum Gasteiger partial charge on any atom is -0.363 e. The highest BCUT2D eigenvalue weighted by molar-refractivity contribution is 7.89. The molecule has 2 fully saturated rings. The number of halogens is 1. The van der Waals surface area contributed by atoms with Gasteiger partial charge >= 0.3 is 0 Å².